The molecular weight excluding hydrogens is 240 g/mol. The minimum atomic E-state index is 0.576. The van der Waals surface area contributed by atoms with Crippen LogP contribution < -0.4 is 5.32 Å². The van der Waals surface area contributed by atoms with Gasteiger partial charge in [0.15, 0.2) is 5.82 Å². The zero-order chi connectivity index (χ0) is 13.7. The van der Waals surface area contributed by atoms with Crippen molar-refractivity contribution in [1.82, 2.24) is 20.4 Å². The fourth-order valence-corrected chi connectivity index (χ4v) is 2.79. The van der Waals surface area contributed by atoms with Gasteiger partial charge in [0, 0.05) is 25.9 Å². The standard InChI is InChI=1S/C14H26N4O/c1-4-18-9-6-13(7-10-18)11(2)15-8-5-14-16-12(3)19-17-14/h11,13,15H,4-10H2,1-3H3. The van der Waals surface area contributed by atoms with Crippen molar-refractivity contribution >= 4 is 0 Å². The van der Waals surface area contributed by atoms with Gasteiger partial charge in [-0.25, -0.2) is 0 Å². The number of aryl methyl sites for hydroxylation is 1. The van der Waals surface area contributed by atoms with Gasteiger partial charge in [-0.15, -0.1) is 0 Å². The van der Waals surface area contributed by atoms with Gasteiger partial charge in [0.2, 0.25) is 5.89 Å². The number of nitrogens with zero attached hydrogens (tertiary/aromatic N) is 3. The Morgan fingerprint density at radius 1 is 1.42 bits per heavy atom. The monoisotopic (exact) mass is 266 g/mol. The quantitative estimate of drug-likeness (QED) is 0.848. The first-order valence-corrected chi connectivity index (χ1v) is 7.44. The fraction of sp³-hybridized carbons (Fsp3) is 0.857. The molecule has 0 spiro atoms. The smallest absolute Gasteiger partial charge is 0.223 e. The molecule has 0 amide bonds. The molecule has 1 aliphatic rings. The molecule has 1 atom stereocenters. The Bertz CT molecular complexity index is 371. The molecule has 0 aromatic carbocycles. The van der Waals surface area contributed by atoms with Gasteiger partial charge in [0.05, 0.1) is 0 Å². The lowest BCUT2D eigenvalue weighted by Gasteiger charge is -2.34. The second-order valence-corrected chi connectivity index (χ2v) is 5.49. The van der Waals surface area contributed by atoms with Crippen molar-refractivity contribution in [2.24, 2.45) is 5.92 Å². The maximum atomic E-state index is 4.97. The van der Waals surface area contributed by atoms with E-state index >= 15 is 0 Å². The second kappa shape index (κ2) is 7.01. The van der Waals surface area contributed by atoms with Crippen LogP contribution in [0.3, 0.4) is 0 Å². The van der Waals surface area contributed by atoms with Crippen molar-refractivity contribution in [2.45, 2.75) is 46.1 Å². The van der Waals surface area contributed by atoms with E-state index in [-0.39, 0.29) is 0 Å². The summed E-state index contributed by atoms with van der Waals surface area (Å²) in [6.07, 6.45) is 3.46. The van der Waals surface area contributed by atoms with Gasteiger partial charge in [0.25, 0.3) is 0 Å². The summed E-state index contributed by atoms with van der Waals surface area (Å²) in [5.41, 5.74) is 0. The Labute approximate surface area is 115 Å². The van der Waals surface area contributed by atoms with Crippen LogP contribution in [0.15, 0.2) is 4.52 Å². The van der Waals surface area contributed by atoms with E-state index in [0.29, 0.717) is 11.9 Å². The Morgan fingerprint density at radius 3 is 2.74 bits per heavy atom. The number of aromatic nitrogens is 2. The molecule has 5 heteroatoms. The van der Waals surface area contributed by atoms with E-state index in [2.05, 4.69) is 34.2 Å². The topological polar surface area (TPSA) is 54.2 Å². The molecule has 2 rings (SSSR count). The molecular formula is C14H26N4O. The highest BCUT2D eigenvalue weighted by Crippen LogP contribution is 2.20. The number of rotatable bonds is 6. The molecule has 2 heterocycles. The lowest BCUT2D eigenvalue weighted by atomic mass is 9.90. The van der Waals surface area contributed by atoms with Crippen LogP contribution in [-0.4, -0.2) is 47.3 Å². The van der Waals surface area contributed by atoms with Crippen molar-refractivity contribution in [3.05, 3.63) is 11.7 Å². The fourth-order valence-electron chi connectivity index (χ4n) is 2.79. The SMILES string of the molecule is CCN1CCC(C(C)NCCc2noc(C)n2)CC1. The van der Waals surface area contributed by atoms with E-state index in [1.165, 1.54) is 32.5 Å². The van der Waals surface area contributed by atoms with Crippen LogP contribution in [0.25, 0.3) is 0 Å². The summed E-state index contributed by atoms with van der Waals surface area (Å²) >= 11 is 0. The molecule has 1 aromatic rings. The van der Waals surface area contributed by atoms with Gasteiger partial charge >= 0.3 is 0 Å². The highest BCUT2D eigenvalue weighted by molar-refractivity contribution is 4.86. The average Bonchev–Trinajstić information content (AvgIpc) is 2.84. The first-order valence-electron chi connectivity index (χ1n) is 7.44. The molecule has 0 bridgehead atoms. The van der Waals surface area contributed by atoms with Gasteiger partial charge in [0.1, 0.15) is 0 Å². The van der Waals surface area contributed by atoms with Crippen LogP contribution in [0.4, 0.5) is 0 Å². The van der Waals surface area contributed by atoms with E-state index in [4.69, 9.17) is 4.52 Å². The van der Waals surface area contributed by atoms with Crippen molar-refractivity contribution in [3.63, 3.8) is 0 Å². The molecule has 1 unspecified atom stereocenters. The first-order chi connectivity index (χ1) is 9.19. The molecule has 19 heavy (non-hydrogen) atoms. The lowest BCUT2D eigenvalue weighted by Crippen LogP contribution is -2.42. The number of piperidine rings is 1. The van der Waals surface area contributed by atoms with Crippen molar-refractivity contribution in [2.75, 3.05) is 26.2 Å². The van der Waals surface area contributed by atoms with E-state index in [9.17, 15) is 0 Å². The minimum absolute atomic E-state index is 0.576. The van der Waals surface area contributed by atoms with Gasteiger partial charge < -0.3 is 14.7 Å². The Morgan fingerprint density at radius 2 is 2.16 bits per heavy atom. The molecule has 1 aliphatic heterocycles. The molecule has 0 saturated carbocycles. The second-order valence-electron chi connectivity index (χ2n) is 5.49. The highest BCUT2D eigenvalue weighted by Gasteiger charge is 2.22. The molecule has 1 fully saturated rings. The maximum Gasteiger partial charge on any atom is 0.223 e. The van der Waals surface area contributed by atoms with Crippen LogP contribution in [0.5, 0.6) is 0 Å². The normalized spacial score (nSPS) is 19.7. The zero-order valence-electron chi connectivity index (χ0n) is 12.4. The van der Waals surface area contributed by atoms with Gasteiger partial charge in [-0.05, 0) is 45.3 Å². The summed E-state index contributed by atoms with van der Waals surface area (Å²) in [5, 5.41) is 7.52. The average molecular weight is 266 g/mol. The van der Waals surface area contributed by atoms with Gasteiger partial charge in [-0.3, -0.25) is 0 Å². The molecule has 108 valence electrons. The Balaban J connectivity index is 1.65. The summed E-state index contributed by atoms with van der Waals surface area (Å²) in [7, 11) is 0. The molecule has 1 aromatic heterocycles. The number of hydrogen-bond donors (Lipinski definition) is 1. The predicted molar refractivity (Wildman–Crippen MR) is 75.0 cm³/mol. The van der Waals surface area contributed by atoms with E-state index in [0.717, 1.165) is 24.7 Å². The highest BCUT2D eigenvalue weighted by atomic mass is 16.5. The summed E-state index contributed by atoms with van der Waals surface area (Å²) in [5.74, 6) is 2.25. The van der Waals surface area contributed by atoms with Crippen LogP contribution in [0.1, 0.15) is 38.4 Å². The zero-order valence-corrected chi connectivity index (χ0v) is 12.4. The van der Waals surface area contributed by atoms with Crippen molar-refractivity contribution in [3.8, 4) is 0 Å². The summed E-state index contributed by atoms with van der Waals surface area (Å²) < 4.78 is 4.97. The maximum absolute atomic E-state index is 4.97. The summed E-state index contributed by atoms with van der Waals surface area (Å²) in [6, 6.07) is 0.576. The third-order valence-corrected chi connectivity index (χ3v) is 4.17. The third-order valence-electron chi connectivity index (χ3n) is 4.17. The summed E-state index contributed by atoms with van der Waals surface area (Å²) in [4.78, 5) is 6.75. The Kier molecular flexibility index (Phi) is 5.34. The van der Waals surface area contributed by atoms with E-state index in [1.807, 2.05) is 6.92 Å². The van der Waals surface area contributed by atoms with Crippen molar-refractivity contribution < 1.29 is 4.52 Å². The van der Waals surface area contributed by atoms with E-state index in [1.54, 1.807) is 0 Å². The number of nitrogens with one attached hydrogen (secondary N) is 1. The molecule has 0 radical (unpaired) electrons. The molecule has 5 nitrogen and oxygen atoms in total. The van der Waals surface area contributed by atoms with Crippen LogP contribution in [0.2, 0.25) is 0 Å². The van der Waals surface area contributed by atoms with Crippen LogP contribution >= 0.6 is 0 Å². The largest absolute Gasteiger partial charge is 0.340 e. The summed E-state index contributed by atoms with van der Waals surface area (Å²) in [6.45, 7) is 11.0. The van der Waals surface area contributed by atoms with E-state index < -0.39 is 0 Å². The predicted octanol–water partition coefficient (Wildman–Crippen LogP) is 1.63. The third kappa shape index (κ3) is 4.28. The first kappa shape index (κ1) is 14.5. The van der Waals surface area contributed by atoms with Gasteiger partial charge in [-0.1, -0.05) is 12.1 Å². The lowest BCUT2D eigenvalue weighted by molar-refractivity contribution is 0.169. The van der Waals surface area contributed by atoms with Crippen molar-refractivity contribution in [1.29, 1.82) is 0 Å². The van der Waals surface area contributed by atoms with Crippen LogP contribution in [-0.2, 0) is 6.42 Å². The molecule has 1 saturated heterocycles. The molecule has 0 aliphatic carbocycles. The number of hydrogen-bond acceptors (Lipinski definition) is 5. The minimum Gasteiger partial charge on any atom is -0.340 e. The molecule has 1 N–H and O–H groups in total. The van der Waals surface area contributed by atoms with Gasteiger partial charge in [-0.2, -0.15) is 4.98 Å². The number of likely N-dealkylation sites (tertiary alicyclic amines) is 1. The Hall–Kier alpha value is -0.940. The van der Waals surface area contributed by atoms with Crippen LogP contribution in [0, 0.1) is 12.8 Å².